The minimum Gasteiger partial charge on any atom is -0.427 e. The third kappa shape index (κ3) is 3.83. The number of hydrogen-bond donors (Lipinski definition) is 1. The molecule has 2 rings (SSSR count). The van der Waals surface area contributed by atoms with E-state index in [1.807, 2.05) is 0 Å². The van der Waals surface area contributed by atoms with Crippen molar-refractivity contribution in [2.24, 2.45) is 0 Å². The molecular weight excluding hydrogens is 339 g/mol. The van der Waals surface area contributed by atoms with Crippen LogP contribution in [-0.2, 0) is 4.57 Å². The van der Waals surface area contributed by atoms with Crippen molar-refractivity contribution in [3.63, 3.8) is 0 Å². The Hall–Kier alpha value is -0.860. The Morgan fingerprint density at radius 3 is 2.35 bits per heavy atom. The number of benzene rings is 2. The van der Waals surface area contributed by atoms with Gasteiger partial charge in [0, 0.05) is 6.66 Å². The lowest BCUT2D eigenvalue weighted by Gasteiger charge is -2.19. The van der Waals surface area contributed by atoms with Gasteiger partial charge in [-0.1, -0.05) is 53.0 Å². The summed E-state index contributed by atoms with van der Waals surface area (Å²) in [5.74, 6) is 0.254. The summed E-state index contributed by atoms with van der Waals surface area (Å²) in [6, 6.07) is 11.8. The molecule has 2 aromatic carbocycles. The molecule has 0 saturated heterocycles. The summed E-state index contributed by atoms with van der Waals surface area (Å²) >= 11 is 17.9. The van der Waals surface area contributed by atoms with Crippen LogP contribution in [0.25, 0.3) is 0 Å². The van der Waals surface area contributed by atoms with Crippen molar-refractivity contribution in [1.29, 1.82) is 0 Å². The second-order valence-corrected chi connectivity index (χ2v) is 7.37. The first-order valence-corrected chi connectivity index (χ1v) is 8.83. The van der Waals surface area contributed by atoms with E-state index in [9.17, 15) is 4.57 Å². The molecule has 3 nitrogen and oxygen atoms in total. The molecule has 20 heavy (non-hydrogen) atoms. The average Bonchev–Trinajstić information content (AvgIpc) is 2.37. The summed E-state index contributed by atoms with van der Waals surface area (Å²) in [7, 11) is -3.19. The van der Waals surface area contributed by atoms with Gasteiger partial charge in [-0.05, 0) is 24.3 Å². The van der Waals surface area contributed by atoms with E-state index in [1.54, 1.807) is 42.5 Å². The fourth-order valence-electron chi connectivity index (χ4n) is 1.54. The van der Waals surface area contributed by atoms with Crippen LogP contribution in [0.3, 0.4) is 0 Å². The lowest BCUT2D eigenvalue weighted by atomic mass is 10.3. The Labute approximate surface area is 132 Å². The van der Waals surface area contributed by atoms with Gasteiger partial charge in [0.05, 0.1) is 15.7 Å². The van der Waals surface area contributed by atoms with Crippen molar-refractivity contribution in [2.45, 2.75) is 0 Å². The van der Waals surface area contributed by atoms with Gasteiger partial charge < -0.3 is 9.61 Å². The number of hydrogen-bond acceptors (Lipinski definition) is 2. The quantitative estimate of drug-likeness (QED) is 0.691. The molecule has 0 saturated carbocycles. The summed E-state index contributed by atoms with van der Waals surface area (Å²) in [6.07, 6.45) is 0. The minimum atomic E-state index is -3.19. The highest BCUT2D eigenvalue weighted by Gasteiger charge is 2.20. The van der Waals surface area contributed by atoms with Gasteiger partial charge in [0.2, 0.25) is 0 Å². The van der Waals surface area contributed by atoms with E-state index >= 15 is 0 Å². The SMILES string of the molecule is CP(=O)(Nc1ccccc1Cl)Oc1cccc(Cl)c1Cl. The fourth-order valence-corrected chi connectivity index (χ4v) is 3.37. The second-order valence-electron chi connectivity index (χ2n) is 4.08. The van der Waals surface area contributed by atoms with E-state index in [0.717, 1.165) is 0 Å². The Balaban J connectivity index is 2.22. The molecule has 0 bridgehead atoms. The van der Waals surface area contributed by atoms with E-state index in [0.29, 0.717) is 15.7 Å². The highest BCUT2D eigenvalue weighted by Crippen LogP contribution is 2.47. The predicted molar refractivity (Wildman–Crippen MR) is 85.7 cm³/mol. The number of para-hydroxylation sites is 1. The lowest BCUT2D eigenvalue weighted by molar-refractivity contribution is 0.493. The van der Waals surface area contributed by atoms with E-state index in [2.05, 4.69) is 5.09 Å². The zero-order valence-electron chi connectivity index (χ0n) is 10.4. The Morgan fingerprint density at radius 1 is 1.00 bits per heavy atom. The normalized spacial score (nSPS) is 13.6. The first-order valence-electron chi connectivity index (χ1n) is 5.63. The number of nitrogens with one attached hydrogen (secondary N) is 1. The topological polar surface area (TPSA) is 38.3 Å². The van der Waals surface area contributed by atoms with Gasteiger partial charge in [-0.2, -0.15) is 0 Å². The molecule has 0 amide bonds. The monoisotopic (exact) mass is 349 g/mol. The standard InChI is InChI=1S/C13H11Cl3NO2P/c1-20(18,17-11-7-3-2-5-9(11)14)19-12-8-4-6-10(15)13(12)16/h2-8H,1H3,(H,17,18). The first-order chi connectivity index (χ1) is 9.39. The highest BCUT2D eigenvalue weighted by atomic mass is 35.5. The van der Waals surface area contributed by atoms with Gasteiger partial charge in [-0.3, -0.25) is 4.57 Å². The van der Waals surface area contributed by atoms with Crippen LogP contribution in [0.5, 0.6) is 5.75 Å². The van der Waals surface area contributed by atoms with Gasteiger partial charge in [0.15, 0.2) is 0 Å². The van der Waals surface area contributed by atoms with Crippen LogP contribution in [0, 0.1) is 0 Å². The fraction of sp³-hybridized carbons (Fsp3) is 0.0769. The van der Waals surface area contributed by atoms with E-state index < -0.39 is 7.52 Å². The van der Waals surface area contributed by atoms with Crippen LogP contribution >= 0.6 is 42.3 Å². The number of anilines is 1. The maximum atomic E-state index is 12.5. The molecule has 0 aromatic heterocycles. The predicted octanol–water partition coefficient (Wildman–Crippen LogP) is 5.96. The molecule has 7 heteroatoms. The van der Waals surface area contributed by atoms with Crippen LogP contribution in [-0.4, -0.2) is 6.66 Å². The van der Waals surface area contributed by atoms with Crippen molar-refractivity contribution >= 4 is 48.0 Å². The smallest absolute Gasteiger partial charge is 0.338 e. The molecule has 0 heterocycles. The second kappa shape index (κ2) is 6.28. The summed E-state index contributed by atoms with van der Waals surface area (Å²) in [6.45, 7) is 1.44. The van der Waals surface area contributed by atoms with E-state index in [1.165, 1.54) is 6.66 Å². The van der Waals surface area contributed by atoms with Crippen molar-refractivity contribution in [3.05, 3.63) is 57.5 Å². The minimum absolute atomic E-state index is 0.220. The third-order valence-electron chi connectivity index (χ3n) is 2.39. The molecule has 0 spiro atoms. The highest BCUT2D eigenvalue weighted by molar-refractivity contribution is 7.60. The Kier molecular flexibility index (Phi) is 4.87. The summed E-state index contributed by atoms with van der Waals surface area (Å²) in [4.78, 5) is 0. The maximum absolute atomic E-state index is 12.5. The molecule has 0 aliphatic rings. The molecule has 1 unspecified atom stereocenters. The molecule has 0 radical (unpaired) electrons. The molecule has 1 atom stereocenters. The number of rotatable bonds is 4. The molecule has 0 aliphatic carbocycles. The lowest BCUT2D eigenvalue weighted by Crippen LogP contribution is -2.03. The maximum Gasteiger partial charge on any atom is 0.338 e. The average molecular weight is 351 g/mol. The third-order valence-corrected chi connectivity index (χ3v) is 4.71. The van der Waals surface area contributed by atoms with Crippen LogP contribution in [0.2, 0.25) is 15.1 Å². The Bertz CT molecular complexity index is 678. The largest absolute Gasteiger partial charge is 0.427 e. The first kappa shape index (κ1) is 15.5. The molecule has 0 aliphatic heterocycles. The summed E-state index contributed by atoms with van der Waals surface area (Å²) in [5.41, 5.74) is 0.526. The van der Waals surface area contributed by atoms with Crippen molar-refractivity contribution in [1.82, 2.24) is 0 Å². The number of halogens is 3. The van der Waals surface area contributed by atoms with Crippen molar-refractivity contribution in [3.8, 4) is 5.75 Å². The molecular formula is C13H11Cl3NO2P. The van der Waals surface area contributed by atoms with E-state index in [-0.39, 0.29) is 10.8 Å². The van der Waals surface area contributed by atoms with Gasteiger partial charge in [0.1, 0.15) is 10.8 Å². The molecule has 106 valence electrons. The van der Waals surface area contributed by atoms with Gasteiger partial charge in [-0.15, -0.1) is 0 Å². The zero-order valence-corrected chi connectivity index (χ0v) is 13.6. The van der Waals surface area contributed by atoms with E-state index in [4.69, 9.17) is 39.3 Å². The van der Waals surface area contributed by atoms with Gasteiger partial charge in [-0.25, -0.2) is 0 Å². The van der Waals surface area contributed by atoms with Crippen molar-refractivity contribution < 1.29 is 9.09 Å². The van der Waals surface area contributed by atoms with Crippen LogP contribution in [0.15, 0.2) is 42.5 Å². The van der Waals surface area contributed by atoms with Gasteiger partial charge >= 0.3 is 7.52 Å². The van der Waals surface area contributed by atoms with Crippen LogP contribution in [0.1, 0.15) is 0 Å². The van der Waals surface area contributed by atoms with Crippen molar-refractivity contribution in [2.75, 3.05) is 11.8 Å². The van der Waals surface area contributed by atoms with Crippen LogP contribution in [0.4, 0.5) is 5.69 Å². The summed E-state index contributed by atoms with van der Waals surface area (Å²) < 4.78 is 17.9. The summed E-state index contributed by atoms with van der Waals surface area (Å²) in [5, 5.41) is 3.79. The van der Waals surface area contributed by atoms with Gasteiger partial charge in [0.25, 0.3) is 0 Å². The van der Waals surface area contributed by atoms with Crippen LogP contribution < -0.4 is 9.61 Å². The zero-order chi connectivity index (χ0) is 14.8. The molecule has 2 aromatic rings. The Morgan fingerprint density at radius 2 is 1.65 bits per heavy atom. The molecule has 0 fully saturated rings. The molecule has 1 N–H and O–H groups in total.